The van der Waals surface area contributed by atoms with Crippen molar-refractivity contribution in [1.82, 2.24) is 10.6 Å². The maximum Gasteiger partial charge on any atom is 0.241 e. The lowest BCUT2D eigenvalue weighted by Crippen LogP contribution is -2.41. The molecule has 5 nitrogen and oxygen atoms in total. The van der Waals surface area contributed by atoms with Gasteiger partial charge in [-0.2, -0.15) is 0 Å². The summed E-state index contributed by atoms with van der Waals surface area (Å²) in [5.74, 6) is 0.773. The second-order valence-electron chi connectivity index (χ2n) is 5.38. The fourth-order valence-corrected chi connectivity index (χ4v) is 2.03. The van der Waals surface area contributed by atoms with E-state index in [2.05, 4.69) is 29.5 Å². The van der Waals surface area contributed by atoms with Crippen molar-refractivity contribution < 1.29 is 4.79 Å². The number of aliphatic imine (C=N–C) groups is 1. The van der Waals surface area contributed by atoms with Gasteiger partial charge in [0.2, 0.25) is 5.91 Å². The van der Waals surface area contributed by atoms with Crippen molar-refractivity contribution in [2.24, 2.45) is 16.6 Å². The molecule has 0 aromatic carbocycles. The zero-order valence-electron chi connectivity index (χ0n) is 11.5. The first kappa shape index (κ1) is 14.8. The van der Waals surface area contributed by atoms with Crippen molar-refractivity contribution in [2.75, 3.05) is 13.1 Å². The lowest BCUT2D eigenvalue weighted by molar-refractivity contribution is -0.119. The van der Waals surface area contributed by atoms with Crippen LogP contribution in [0.1, 0.15) is 46.0 Å². The highest BCUT2D eigenvalue weighted by molar-refractivity contribution is 5.84. The van der Waals surface area contributed by atoms with Crippen LogP contribution in [0.2, 0.25) is 0 Å². The number of hydrogen-bond acceptors (Lipinski definition) is 2. The van der Waals surface area contributed by atoms with Gasteiger partial charge in [-0.3, -0.25) is 4.79 Å². The second kappa shape index (κ2) is 7.95. The maximum absolute atomic E-state index is 11.4. The van der Waals surface area contributed by atoms with Crippen LogP contribution in [0.5, 0.6) is 0 Å². The standard InChI is InChI=1S/C13H26N4O/c1-10(2)8-15-12(18)9-16-13(14)17-11-6-4-3-5-7-11/h10-11H,3-9H2,1-2H3,(H,15,18)(H3,14,16,17). The van der Waals surface area contributed by atoms with Crippen molar-refractivity contribution in [1.29, 1.82) is 0 Å². The molecule has 1 aliphatic rings. The van der Waals surface area contributed by atoms with Crippen LogP contribution in [0.4, 0.5) is 0 Å². The van der Waals surface area contributed by atoms with Gasteiger partial charge < -0.3 is 16.4 Å². The predicted octanol–water partition coefficient (Wildman–Crippen LogP) is 0.996. The van der Waals surface area contributed by atoms with Gasteiger partial charge >= 0.3 is 0 Å². The summed E-state index contributed by atoms with van der Waals surface area (Å²) < 4.78 is 0. The molecule has 0 heterocycles. The Labute approximate surface area is 110 Å². The molecule has 1 aliphatic carbocycles. The molecule has 1 amide bonds. The molecule has 104 valence electrons. The predicted molar refractivity (Wildman–Crippen MR) is 74.3 cm³/mol. The number of nitrogens with two attached hydrogens (primary N) is 1. The molecule has 0 aliphatic heterocycles. The van der Waals surface area contributed by atoms with E-state index in [0.29, 0.717) is 24.5 Å². The molecular formula is C13H26N4O. The maximum atomic E-state index is 11.4. The number of carbonyl (C=O) groups excluding carboxylic acids is 1. The first-order valence-corrected chi connectivity index (χ1v) is 6.91. The molecule has 5 heteroatoms. The molecule has 18 heavy (non-hydrogen) atoms. The summed E-state index contributed by atoms with van der Waals surface area (Å²) in [7, 11) is 0. The minimum Gasteiger partial charge on any atom is -0.370 e. The molecule has 4 N–H and O–H groups in total. The molecule has 1 saturated carbocycles. The summed E-state index contributed by atoms with van der Waals surface area (Å²) in [5, 5.41) is 6.00. The SMILES string of the molecule is CC(C)CNC(=O)CN=C(N)NC1CCCCC1. The first-order chi connectivity index (χ1) is 8.58. The summed E-state index contributed by atoms with van der Waals surface area (Å²) >= 11 is 0. The molecule has 0 radical (unpaired) electrons. The third-order valence-electron chi connectivity index (χ3n) is 3.06. The van der Waals surface area contributed by atoms with Crippen molar-refractivity contribution in [3.63, 3.8) is 0 Å². The van der Waals surface area contributed by atoms with Gasteiger partial charge in [0, 0.05) is 12.6 Å². The molecule has 0 aromatic heterocycles. The summed E-state index contributed by atoms with van der Waals surface area (Å²) in [4.78, 5) is 15.5. The molecule has 0 aromatic rings. The van der Waals surface area contributed by atoms with E-state index in [-0.39, 0.29) is 12.5 Å². The van der Waals surface area contributed by atoms with Gasteiger partial charge in [0.15, 0.2) is 5.96 Å². The fourth-order valence-electron chi connectivity index (χ4n) is 2.03. The normalized spacial score (nSPS) is 17.8. The molecule has 1 fully saturated rings. The number of hydrogen-bond donors (Lipinski definition) is 3. The van der Waals surface area contributed by atoms with Gasteiger partial charge in [0.05, 0.1) is 0 Å². The molecule has 0 bridgehead atoms. The Morgan fingerprint density at radius 1 is 1.33 bits per heavy atom. The highest BCUT2D eigenvalue weighted by atomic mass is 16.1. The third kappa shape index (κ3) is 6.47. The van der Waals surface area contributed by atoms with Gasteiger partial charge in [-0.25, -0.2) is 4.99 Å². The second-order valence-corrected chi connectivity index (χ2v) is 5.38. The van der Waals surface area contributed by atoms with E-state index in [1.165, 1.54) is 19.3 Å². The Morgan fingerprint density at radius 2 is 2.00 bits per heavy atom. The van der Waals surface area contributed by atoms with E-state index in [0.717, 1.165) is 12.8 Å². The lowest BCUT2D eigenvalue weighted by Gasteiger charge is -2.23. The van der Waals surface area contributed by atoms with Crippen LogP contribution in [0.15, 0.2) is 4.99 Å². The van der Waals surface area contributed by atoms with E-state index >= 15 is 0 Å². The van der Waals surface area contributed by atoms with Gasteiger partial charge in [0.25, 0.3) is 0 Å². The Kier molecular flexibility index (Phi) is 6.54. The summed E-state index contributed by atoms with van der Waals surface area (Å²) in [6, 6.07) is 0.432. The summed E-state index contributed by atoms with van der Waals surface area (Å²) in [5.41, 5.74) is 5.77. The molecule has 0 atom stereocenters. The van der Waals surface area contributed by atoms with Crippen LogP contribution in [0, 0.1) is 5.92 Å². The Balaban J connectivity index is 2.21. The van der Waals surface area contributed by atoms with Crippen LogP contribution in [0.3, 0.4) is 0 Å². The minimum absolute atomic E-state index is 0.0721. The average Bonchev–Trinajstić information content (AvgIpc) is 2.35. The van der Waals surface area contributed by atoms with Crippen molar-refractivity contribution in [3.05, 3.63) is 0 Å². The lowest BCUT2D eigenvalue weighted by atomic mass is 9.96. The number of rotatable bonds is 5. The van der Waals surface area contributed by atoms with Gasteiger partial charge in [-0.15, -0.1) is 0 Å². The third-order valence-corrected chi connectivity index (χ3v) is 3.06. The summed E-state index contributed by atoms with van der Waals surface area (Å²) in [6.07, 6.45) is 6.11. The van der Waals surface area contributed by atoms with Crippen molar-refractivity contribution in [3.8, 4) is 0 Å². The van der Waals surface area contributed by atoms with E-state index in [4.69, 9.17) is 5.73 Å². The largest absolute Gasteiger partial charge is 0.370 e. The number of nitrogens with zero attached hydrogens (tertiary/aromatic N) is 1. The minimum atomic E-state index is -0.0721. The molecular weight excluding hydrogens is 228 g/mol. The van der Waals surface area contributed by atoms with Crippen molar-refractivity contribution >= 4 is 11.9 Å². The van der Waals surface area contributed by atoms with E-state index in [1.807, 2.05) is 0 Å². The number of guanidine groups is 1. The van der Waals surface area contributed by atoms with Gasteiger partial charge in [-0.1, -0.05) is 33.1 Å². The van der Waals surface area contributed by atoms with E-state index < -0.39 is 0 Å². The molecule has 0 spiro atoms. The Morgan fingerprint density at radius 3 is 2.61 bits per heavy atom. The van der Waals surface area contributed by atoms with Gasteiger partial charge in [-0.05, 0) is 18.8 Å². The zero-order valence-corrected chi connectivity index (χ0v) is 11.5. The smallest absolute Gasteiger partial charge is 0.241 e. The number of amides is 1. The topological polar surface area (TPSA) is 79.5 Å². The number of carbonyl (C=O) groups is 1. The van der Waals surface area contributed by atoms with Crippen LogP contribution in [-0.4, -0.2) is 31.0 Å². The monoisotopic (exact) mass is 254 g/mol. The first-order valence-electron chi connectivity index (χ1n) is 6.91. The Hall–Kier alpha value is -1.26. The van der Waals surface area contributed by atoms with Crippen LogP contribution >= 0.6 is 0 Å². The van der Waals surface area contributed by atoms with Gasteiger partial charge in [0.1, 0.15) is 6.54 Å². The number of nitrogens with one attached hydrogen (secondary N) is 2. The average molecular weight is 254 g/mol. The quantitative estimate of drug-likeness (QED) is 0.506. The molecule has 0 saturated heterocycles. The summed E-state index contributed by atoms with van der Waals surface area (Å²) in [6.45, 7) is 4.91. The van der Waals surface area contributed by atoms with Crippen LogP contribution in [0.25, 0.3) is 0 Å². The Bertz CT molecular complexity index is 283. The fraction of sp³-hybridized carbons (Fsp3) is 0.846. The highest BCUT2D eigenvalue weighted by Crippen LogP contribution is 2.16. The molecule has 1 rings (SSSR count). The van der Waals surface area contributed by atoms with Crippen molar-refractivity contribution in [2.45, 2.75) is 52.0 Å². The van der Waals surface area contributed by atoms with Crippen LogP contribution in [-0.2, 0) is 4.79 Å². The van der Waals surface area contributed by atoms with E-state index in [1.54, 1.807) is 0 Å². The zero-order chi connectivity index (χ0) is 13.4. The molecule has 0 unspecified atom stereocenters. The van der Waals surface area contributed by atoms with E-state index in [9.17, 15) is 4.79 Å². The van der Waals surface area contributed by atoms with Crippen LogP contribution < -0.4 is 16.4 Å². The highest BCUT2D eigenvalue weighted by Gasteiger charge is 2.13.